The van der Waals surface area contributed by atoms with Gasteiger partial charge in [0.1, 0.15) is 0 Å². The summed E-state index contributed by atoms with van der Waals surface area (Å²) in [5.74, 6) is 0. The Morgan fingerprint density at radius 3 is 1.47 bits per heavy atom. The van der Waals surface area contributed by atoms with Crippen LogP contribution in [-0.4, -0.2) is 22.5 Å². The van der Waals surface area contributed by atoms with Crippen molar-refractivity contribution < 1.29 is 0 Å². The predicted molar refractivity (Wildman–Crippen MR) is 77.0 cm³/mol. The van der Waals surface area contributed by atoms with Crippen LogP contribution in [0.15, 0.2) is 60.7 Å². The summed E-state index contributed by atoms with van der Waals surface area (Å²) in [5.41, 5.74) is 2.86. The fourth-order valence-electron chi connectivity index (χ4n) is 2.02. The molecule has 0 heterocycles. The molecule has 0 atom stereocenters. The Hall–Kier alpha value is -0.471. The first-order chi connectivity index (χ1) is 7.77. The molecule has 0 saturated heterocycles. The molecule has 2 aromatic rings. The van der Waals surface area contributed by atoms with Crippen LogP contribution >= 0.6 is 12.4 Å². The molecule has 0 N–H and O–H groups in total. The van der Waals surface area contributed by atoms with Crippen molar-refractivity contribution >= 4 is 34.9 Å². The quantitative estimate of drug-likeness (QED) is 0.736. The van der Waals surface area contributed by atoms with Gasteiger partial charge in [-0.3, -0.25) is 0 Å². The summed E-state index contributed by atoms with van der Waals surface area (Å²) in [6.07, 6.45) is 1.15. The van der Waals surface area contributed by atoms with Crippen molar-refractivity contribution in [1.82, 2.24) is 0 Å². The van der Waals surface area contributed by atoms with Crippen molar-refractivity contribution in [1.29, 1.82) is 0 Å². The molecule has 2 aromatic carbocycles. The largest absolute Gasteiger partial charge is 0.147 e. The van der Waals surface area contributed by atoms with E-state index in [0.29, 0.717) is 0 Å². The van der Waals surface area contributed by atoms with Gasteiger partial charge in [-0.25, -0.2) is 0 Å². The molecule has 0 aliphatic rings. The SMILES string of the molecule is CC[C]([Sn])(c1ccccc1)c1ccccc1.Cl. The average Bonchev–Trinajstić information content (AvgIpc) is 2.40. The average molecular weight is 350 g/mol. The van der Waals surface area contributed by atoms with Crippen molar-refractivity contribution in [3.63, 3.8) is 0 Å². The Labute approximate surface area is 123 Å². The first-order valence-corrected chi connectivity index (χ1v) is 7.06. The molecule has 0 spiro atoms. The van der Waals surface area contributed by atoms with E-state index in [9.17, 15) is 0 Å². The van der Waals surface area contributed by atoms with E-state index < -0.39 is 0 Å². The van der Waals surface area contributed by atoms with E-state index in [0.717, 1.165) is 6.42 Å². The third-order valence-electron chi connectivity index (χ3n) is 3.06. The molecule has 0 amide bonds. The standard InChI is InChI=1S/C15H15.ClH.Sn/c1-2-15(13-9-5-3-6-10-13)14-11-7-4-8-12-14;;/h3-12H,2H2,1H3;1H;. The van der Waals surface area contributed by atoms with Gasteiger partial charge in [0, 0.05) is 0 Å². The Morgan fingerprint density at radius 1 is 0.824 bits per heavy atom. The van der Waals surface area contributed by atoms with E-state index in [-0.39, 0.29) is 15.8 Å². The molecule has 0 fully saturated rings. The van der Waals surface area contributed by atoms with Crippen LogP contribution in [0.3, 0.4) is 0 Å². The van der Waals surface area contributed by atoms with Crippen molar-refractivity contribution in [3.05, 3.63) is 71.8 Å². The summed E-state index contributed by atoms with van der Waals surface area (Å²) in [6, 6.07) is 21.7. The maximum Gasteiger partial charge on any atom is -0.147 e. The van der Waals surface area contributed by atoms with Gasteiger partial charge < -0.3 is 0 Å². The molecule has 3 radical (unpaired) electrons. The van der Waals surface area contributed by atoms with Crippen LogP contribution in [-0.2, 0) is 3.43 Å². The molecule has 0 aromatic heterocycles. The van der Waals surface area contributed by atoms with Crippen LogP contribution in [0.2, 0.25) is 0 Å². The summed E-state index contributed by atoms with van der Waals surface area (Å²) < 4.78 is 0.217. The normalized spacial score (nSPS) is 10.7. The van der Waals surface area contributed by atoms with E-state index in [1.54, 1.807) is 22.5 Å². The Balaban J connectivity index is 0.00000144. The van der Waals surface area contributed by atoms with Crippen molar-refractivity contribution in [2.24, 2.45) is 0 Å². The summed E-state index contributed by atoms with van der Waals surface area (Å²) in [6.45, 7) is 2.27. The molecular formula is C15H16ClSn. The van der Waals surface area contributed by atoms with Gasteiger partial charge >= 0.3 is 111 Å². The summed E-state index contributed by atoms with van der Waals surface area (Å²) in [5, 5.41) is 0. The molecular weight excluding hydrogens is 334 g/mol. The molecule has 0 aliphatic heterocycles. The fraction of sp³-hybridized carbons (Fsp3) is 0.200. The van der Waals surface area contributed by atoms with E-state index in [4.69, 9.17) is 0 Å². The number of hydrogen-bond acceptors (Lipinski definition) is 0. The van der Waals surface area contributed by atoms with Crippen LogP contribution in [0.1, 0.15) is 24.5 Å². The van der Waals surface area contributed by atoms with Gasteiger partial charge in [-0.1, -0.05) is 0 Å². The molecule has 0 unspecified atom stereocenters. The second-order valence-electron chi connectivity index (χ2n) is 3.99. The van der Waals surface area contributed by atoms with Gasteiger partial charge in [-0.05, 0) is 0 Å². The molecule has 17 heavy (non-hydrogen) atoms. The van der Waals surface area contributed by atoms with E-state index >= 15 is 0 Å². The summed E-state index contributed by atoms with van der Waals surface area (Å²) >= 11 is 1.56. The zero-order valence-electron chi connectivity index (χ0n) is 9.89. The third kappa shape index (κ3) is 3.05. The maximum atomic E-state index is 2.27. The second kappa shape index (κ2) is 6.46. The number of halogens is 1. The Bertz CT molecular complexity index is 399. The van der Waals surface area contributed by atoms with Gasteiger partial charge in [0.15, 0.2) is 0 Å². The molecule has 0 saturated carbocycles. The first kappa shape index (κ1) is 14.6. The fourth-order valence-corrected chi connectivity index (χ4v) is 2.97. The Kier molecular flexibility index (Phi) is 5.54. The van der Waals surface area contributed by atoms with Crippen LogP contribution < -0.4 is 0 Å². The minimum absolute atomic E-state index is 0. The molecule has 0 bridgehead atoms. The van der Waals surface area contributed by atoms with Crippen LogP contribution in [0.4, 0.5) is 0 Å². The summed E-state index contributed by atoms with van der Waals surface area (Å²) in [4.78, 5) is 0. The molecule has 0 aliphatic carbocycles. The van der Waals surface area contributed by atoms with Gasteiger partial charge in [0.05, 0.1) is 0 Å². The molecule has 87 valence electrons. The van der Waals surface area contributed by atoms with Crippen molar-refractivity contribution in [2.45, 2.75) is 16.8 Å². The topological polar surface area (TPSA) is 0 Å². The molecule has 0 nitrogen and oxygen atoms in total. The third-order valence-corrected chi connectivity index (χ3v) is 5.72. The number of hydrogen-bond donors (Lipinski definition) is 0. The number of rotatable bonds is 3. The second-order valence-corrected chi connectivity index (χ2v) is 6.43. The maximum absolute atomic E-state index is 2.27. The van der Waals surface area contributed by atoms with Gasteiger partial charge in [0.2, 0.25) is 0 Å². The van der Waals surface area contributed by atoms with E-state index in [1.807, 2.05) is 0 Å². The van der Waals surface area contributed by atoms with Crippen LogP contribution in [0.25, 0.3) is 0 Å². The molecule has 2 rings (SSSR count). The van der Waals surface area contributed by atoms with Gasteiger partial charge in [-0.2, -0.15) is 0 Å². The molecule has 2 heteroatoms. The minimum atomic E-state index is 0. The van der Waals surface area contributed by atoms with Crippen molar-refractivity contribution in [2.75, 3.05) is 0 Å². The van der Waals surface area contributed by atoms with E-state index in [2.05, 4.69) is 67.6 Å². The van der Waals surface area contributed by atoms with E-state index in [1.165, 1.54) is 11.1 Å². The smallest absolute Gasteiger partial charge is 0.147 e. The van der Waals surface area contributed by atoms with Crippen LogP contribution in [0.5, 0.6) is 0 Å². The van der Waals surface area contributed by atoms with Gasteiger partial charge in [0.25, 0.3) is 0 Å². The Morgan fingerprint density at radius 2 is 1.18 bits per heavy atom. The first-order valence-electron chi connectivity index (χ1n) is 5.63. The minimum Gasteiger partial charge on any atom is -0.147 e. The number of benzene rings is 2. The predicted octanol–water partition coefficient (Wildman–Crippen LogP) is 3.93. The zero-order valence-corrected chi connectivity index (χ0v) is 13.6. The zero-order chi connectivity index (χ0) is 11.4. The van der Waals surface area contributed by atoms with Gasteiger partial charge in [-0.15, -0.1) is 12.4 Å². The van der Waals surface area contributed by atoms with Crippen LogP contribution in [0, 0.1) is 0 Å². The van der Waals surface area contributed by atoms with Crippen molar-refractivity contribution in [3.8, 4) is 0 Å². The summed E-state index contributed by atoms with van der Waals surface area (Å²) in [7, 11) is 0. The monoisotopic (exact) mass is 351 g/mol.